The third-order valence-corrected chi connectivity index (χ3v) is 7.40. The standard InChI is InChI=1S/C29H33N3O3S2/c1-4-6-17-35-24-13-14-25(21(3)18-24)27-22(20-32(30-27)23-11-8-7-9-12-23)19-26-28(33)31(29(36)37-26)15-10-16-34-5-2/h7-9,11-14,18-20H,4-6,10,15-17H2,1-3H3. The minimum absolute atomic E-state index is 0.0682. The fourth-order valence-corrected chi connectivity index (χ4v) is 5.34. The van der Waals surface area contributed by atoms with Gasteiger partial charge < -0.3 is 9.47 Å². The predicted molar refractivity (Wildman–Crippen MR) is 155 cm³/mol. The predicted octanol–water partition coefficient (Wildman–Crippen LogP) is 6.65. The molecule has 6 nitrogen and oxygen atoms in total. The SMILES string of the molecule is CCCCOc1ccc(-c2nn(-c3ccccc3)cc2C=C2SC(=S)N(CCCOCC)C2=O)c(C)c1. The van der Waals surface area contributed by atoms with Gasteiger partial charge in [-0.1, -0.05) is 55.5 Å². The third-order valence-electron chi connectivity index (χ3n) is 6.02. The molecule has 0 atom stereocenters. The van der Waals surface area contributed by atoms with E-state index in [-0.39, 0.29) is 5.91 Å². The van der Waals surface area contributed by atoms with Gasteiger partial charge in [-0.05, 0) is 68.7 Å². The summed E-state index contributed by atoms with van der Waals surface area (Å²) in [6.45, 7) is 8.70. The molecule has 8 heteroatoms. The second-order valence-electron chi connectivity index (χ2n) is 8.78. The maximum Gasteiger partial charge on any atom is 0.266 e. The molecule has 0 spiro atoms. The molecule has 2 heterocycles. The molecule has 0 radical (unpaired) electrons. The lowest BCUT2D eigenvalue weighted by Crippen LogP contribution is -2.29. The Balaban J connectivity index is 1.67. The summed E-state index contributed by atoms with van der Waals surface area (Å²) < 4.78 is 13.8. The van der Waals surface area contributed by atoms with E-state index in [2.05, 4.69) is 13.8 Å². The zero-order chi connectivity index (χ0) is 26.2. The molecule has 1 saturated heterocycles. The van der Waals surface area contributed by atoms with Crippen molar-refractivity contribution >= 4 is 40.3 Å². The molecular formula is C29H33N3O3S2. The van der Waals surface area contributed by atoms with Crippen LogP contribution in [0.5, 0.6) is 5.75 Å². The van der Waals surface area contributed by atoms with Crippen molar-refractivity contribution in [3.63, 3.8) is 0 Å². The van der Waals surface area contributed by atoms with Crippen LogP contribution in [-0.4, -0.2) is 51.3 Å². The first-order valence-electron chi connectivity index (χ1n) is 12.7. The minimum Gasteiger partial charge on any atom is -0.494 e. The molecule has 0 N–H and O–H groups in total. The number of thiocarbonyl (C=S) groups is 1. The van der Waals surface area contributed by atoms with Crippen molar-refractivity contribution in [2.24, 2.45) is 0 Å². The molecule has 0 aliphatic carbocycles. The molecule has 1 aromatic heterocycles. The van der Waals surface area contributed by atoms with Gasteiger partial charge in [-0.25, -0.2) is 4.68 Å². The summed E-state index contributed by atoms with van der Waals surface area (Å²) in [5.41, 5.74) is 4.68. The molecule has 0 unspecified atom stereocenters. The number of aryl methyl sites for hydroxylation is 1. The van der Waals surface area contributed by atoms with Crippen molar-refractivity contribution in [2.75, 3.05) is 26.4 Å². The number of hydrogen-bond acceptors (Lipinski definition) is 6. The quantitative estimate of drug-likeness (QED) is 0.147. The number of hydrogen-bond donors (Lipinski definition) is 0. The summed E-state index contributed by atoms with van der Waals surface area (Å²) in [5.74, 6) is 0.785. The molecule has 1 fully saturated rings. The van der Waals surface area contributed by atoms with E-state index in [4.69, 9.17) is 26.8 Å². The zero-order valence-corrected chi connectivity index (χ0v) is 23.2. The van der Waals surface area contributed by atoms with Crippen molar-refractivity contribution < 1.29 is 14.3 Å². The van der Waals surface area contributed by atoms with Crippen molar-refractivity contribution in [2.45, 2.75) is 40.0 Å². The van der Waals surface area contributed by atoms with Gasteiger partial charge in [-0.2, -0.15) is 5.10 Å². The van der Waals surface area contributed by atoms with E-state index in [1.807, 2.05) is 72.4 Å². The molecule has 3 aromatic rings. The van der Waals surface area contributed by atoms with E-state index >= 15 is 0 Å². The average Bonchev–Trinajstić information content (AvgIpc) is 3.43. The van der Waals surface area contributed by atoms with E-state index in [9.17, 15) is 4.79 Å². The number of amides is 1. The van der Waals surface area contributed by atoms with Gasteiger partial charge in [0.2, 0.25) is 0 Å². The van der Waals surface area contributed by atoms with Crippen LogP contribution in [-0.2, 0) is 9.53 Å². The Morgan fingerprint density at radius 2 is 1.89 bits per heavy atom. The maximum absolute atomic E-state index is 13.2. The molecule has 0 bridgehead atoms. The fourth-order valence-electron chi connectivity index (χ4n) is 4.04. The Morgan fingerprint density at radius 3 is 2.62 bits per heavy atom. The van der Waals surface area contributed by atoms with E-state index < -0.39 is 0 Å². The fraction of sp³-hybridized carbons (Fsp3) is 0.345. The van der Waals surface area contributed by atoms with Crippen LogP contribution in [0, 0.1) is 6.92 Å². The van der Waals surface area contributed by atoms with Crippen molar-refractivity contribution in [3.05, 3.63) is 70.8 Å². The van der Waals surface area contributed by atoms with Gasteiger partial charge >= 0.3 is 0 Å². The number of para-hydroxylation sites is 1. The lowest BCUT2D eigenvalue weighted by molar-refractivity contribution is -0.122. The normalized spacial score (nSPS) is 14.7. The maximum atomic E-state index is 13.2. The number of ether oxygens (including phenoxy) is 2. The van der Waals surface area contributed by atoms with Crippen LogP contribution >= 0.6 is 24.0 Å². The monoisotopic (exact) mass is 535 g/mol. The van der Waals surface area contributed by atoms with Crippen LogP contribution in [0.2, 0.25) is 0 Å². The summed E-state index contributed by atoms with van der Waals surface area (Å²) in [4.78, 5) is 15.5. The van der Waals surface area contributed by atoms with Crippen LogP contribution in [0.1, 0.15) is 44.2 Å². The summed E-state index contributed by atoms with van der Waals surface area (Å²) in [6.07, 6.45) is 6.75. The van der Waals surface area contributed by atoms with E-state index in [0.717, 1.165) is 53.1 Å². The molecule has 37 heavy (non-hydrogen) atoms. The topological polar surface area (TPSA) is 56.6 Å². The lowest BCUT2D eigenvalue weighted by atomic mass is 10.0. The highest BCUT2D eigenvalue weighted by Gasteiger charge is 2.32. The van der Waals surface area contributed by atoms with Gasteiger partial charge in [-0.3, -0.25) is 9.69 Å². The van der Waals surface area contributed by atoms with Gasteiger partial charge in [0.1, 0.15) is 15.8 Å². The van der Waals surface area contributed by atoms with Crippen molar-refractivity contribution in [1.29, 1.82) is 0 Å². The van der Waals surface area contributed by atoms with Gasteiger partial charge in [0.05, 0.1) is 17.2 Å². The Morgan fingerprint density at radius 1 is 1.08 bits per heavy atom. The first-order chi connectivity index (χ1) is 18.0. The number of benzene rings is 2. The van der Waals surface area contributed by atoms with E-state index in [1.54, 1.807) is 4.90 Å². The van der Waals surface area contributed by atoms with Gasteiger partial charge in [0.25, 0.3) is 5.91 Å². The minimum atomic E-state index is -0.0682. The molecule has 0 saturated carbocycles. The van der Waals surface area contributed by atoms with Crippen molar-refractivity contribution in [1.82, 2.24) is 14.7 Å². The van der Waals surface area contributed by atoms with Crippen LogP contribution in [0.15, 0.2) is 59.6 Å². The van der Waals surface area contributed by atoms with Gasteiger partial charge in [-0.15, -0.1) is 0 Å². The molecule has 4 rings (SSSR count). The van der Waals surface area contributed by atoms with Crippen molar-refractivity contribution in [3.8, 4) is 22.7 Å². The number of aromatic nitrogens is 2. The largest absolute Gasteiger partial charge is 0.494 e. The summed E-state index contributed by atoms with van der Waals surface area (Å²) in [5, 5.41) is 4.94. The van der Waals surface area contributed by atoms with E-state index in [1.165, 1.54) is 11.8 Å². The second kappa shape index (κ2) is 13.0. The Labute approximate surface area is 228 Å². The first-order valence-corrected chi connectivity index (χ1v) is 14.0. The van der Waals surface area contributed by atoms with Gasteiger partial charge in [0, 0.05) is 37.1 Å². The number of thioether (sulfide) groups is 1. The summed E-state index contributed by atoms with van der Waals surface area (Å²) >= 11 is 6.87. The zero-order valence-electron chi connectivity index (χ0n) is 21.6. The van der Waals surface area contributed by atoms with Gasteiger partial charge in [0.15, 0.2) is 0 Å². The smallest absolute Gasteiger partial charge is 0.266 e. The second-order valence-corrected chi connectivity index (χ2v) is 10.5. The number of unbranched alkanes of at least 4 members (excludes halogenated alkanes) is 1. The van der Waals surface area contributed by atoms with Crippen LogP contribution < -0.4 is 4.74 Å². The number of nitrogens with zero attached hydrogens (tertiary/aromatic N) is 3. The Kier molecular flexibility index (Phi) is 9.55. The molecule has 1 aliphatic rings. The number of carbonyl (C=O) groups excluding carboxylic acids is 1. The summed E-state index contributed by atoms with van der Waals surface area (Å²) in [6, 6.07) is 16.0. The highest BCUT2D eigenvalue weighted by molar-refractivity contribution is 8.26. The van der Waals surface area contributed by atoms with Crippen LogP contribution in [0.25, 0.3) is 23.0 Å². The molecule has 194 valence electrons. The first kappa shape index (κ1) is 27.1. The lowest BCUT2D eigenvalue weighted by Gasteiger charge is -2.13. The average molecular weight is 536 g/mol. The Hall–Kier alpha value is -2.94. The molecule has 1 aliphatic heterocycles. The molecule has 1 amide bonds. The highest BCUT2D eigenvalue weighted by Crippen LogP contribution is 2.36. The van der Waals surface area contributed by atoms with Crippen LogP contribution in [0.3, 0.4) is 0 Å². The highest BCUT2D eigenvalue weighted by atomic mass is 32.2. The summed E-state index contributed by atoms with van der Waals surface area (Å²) in [7, 11) is 0. The number of carbonyl (C=O) groups is 1. The van der Waals surface area contributed by atoms with E-state index in [0.29, 0.717) is 35.6 Å². The van der Waals surface area contributed by atoms with Crippen LogP contribution in [0.4, 0.5) is 0 Å². The molecule has 2 aromatic carbocycles. The number of rotatable bonds is 12. The third kappa shape index (κ3) is 6.69. The molecular weight excluding hydrogens is 502 g/mol. The Bertz CT molecular complexity index is 1270.